The summed E-state index contributed by atoms with van der Waals surface area (Å²) in [6.45, 7) is 9.52. The summed E-state index contributed by atoms with van der Waals surface area (Å²) < 4.78 is 0. The zero-order valence-electron chi connectivity index (χ0n) is 9.12. The van der Waals surface area contributed by atoms with Crippen LogP contribution in [-0.2, 0) is 4.79 Å². The van der Waals surface area contributed by atoms with Gasteiger partial charge in [0.25, 0.3) is 0 Å². The number of carbonyl (C=O) groups excluding carboxylic acids is 1. The number of hydrogen-bond acceptors (Lipinski definition) is 2. The van der Waals surface area contributed by atoms with Crippen LogP contribution in [0.5, 0.6) is 0 Å². The molecule has 0 aromatic carbocycles. The van der Waals surface area contributed by atoms with Crippen molar-refractivity contribution in [3.8, 4) is 0 Å². The van der Waals surface area contributed by atoms with Crippen molar-refractivity contribution in [2.24, 2.45) is 0 Å². The van der Waals surface area contributed by atoms with Crippen molar-refractivity contribution in [3.63, 3.8) is 0 Å². The van der Waals surface area contributed by atoms with Gasteiger partial charge in [0.15, 0.2) is 0 Å². The van der Waals surface area contributed by atoms with Gasteiger partial charge in [-0.2, -0.15) is 0 Å². The molecule has 0 saturated carbocycles. The normalized spacial score (nSPS) is 18.6. The summed E-state index contributed by atoms with van der Waals surface area (Å²) in [6, 6.07) is 1.10. The number of piperidine rings is 1. The molecular weight excluding hydrogens is 176 g/mol. The van der Waals surface area contributed by atoms with E-state index in [4.69, 9.17) is 0 Å². The van der Waals surface area contributed by atoms with Gasteiger partial charge in [-0.05, 0) is 18.9 Å². The highest BCUT2D eigenvalue weighted by atomic mass is 16.2. The lowest BCUT2D eigenvalue weighted by molar-refractivity contribution is -0.127. The fourth-order valence-electron chi connectivity index (χ4n) is 1.87. The molecule has 1 fully saturated rings. The van der Waals surface area contributed by atoms with E-state index in [2.05, 4.69) is 25.7 Å². The molecule has 1 N–H and O–H groups in total. The van der Waals surface area contributed by atoms with Crippen molar-refractivity contribution in [1.82, 2.24) is 10.2 Å². The van der Waals surface area contributed by atoms with Crippen molar-refractivity contribution >= 4 is 5.91 Å². The molecule has 0 radical (unpaired) electrons. The molecule has 80 valence electrons. The van der Waals surface area contributed by atoms with Crippen LogP contribution >= 0.6 is 0 Å². The molecule has 1 heterocycles. The second-order valence-electron chi connectivity index (χ2n) is 4.13. The first-order valence-corrected chi connectivity index (χ1v) is 5.31. The SMILES string of the molecule is C=CC(=O)N1CCC(NC(C)C)CC1. The molecule has 0 aromatic rings. The van der Waals surface area contributed by atoms with E-state index in [0.717, 1.165) is 25.9 Å². The number of hydrogen-bond donors (Lipinski definition) is 1. The first-order chi connectivity index (χ1) is 6.63. The van der Waals surface area contributed by atoms with Gasteiger partial charge in [-0.3, -0.25) is 4.79 Å². The third-order valence-corrected chi connectivity index (χ3v) is 2.55. The van der Waals surface area contributed by atoms with Crippen LogP contribution in [0.15, 0.2) is 12.7 Å². The maximum absolute atomic E-state index is 11.3. The Morgan fingerprint density at radius 2 is 2.07 bits per heavy atom. The Labute approximate surface area is 86.2 Å². The minimum atomic E-state index is 0.0630. The Morgan fingerprint density at radius 1 is 1.50 bits per heavy atom. The van der Waals surface area contributed by atoms with Crippen molar-refractivity contribution in [1.29, 1.82) is 0 Å². The molecular formula is C11H20N2O. The smallest absolute Gasteiger partial charge is 0.245 e. The average molecular weight is 196 g/mol. The maximum Gasteiger partial charge on any atom is 0.245 e. The van der Waals surface area contributed by atoms with Crippen molar-refractivity contribution in [2.75, 3.05) is 13.1 Å². The standard InChI is InChI=1S/C11H20N2O/c1-4-11(14)13-7-5-10(6-8-13)12-9(2)3/h4,9-10,12H,1,5-8H2,2-3H3. The predicted octanol–water partition coefficient (Wildman–Crippen LogP) is 1.16. The molecule has 1 aliphatic heterocycles. The summed E-state index contributed by atoms with van der Waals surface area (Å²) in [7, 11) is 0. The fraction of sp³-hybridized carbons (Fsp3) is 0.727. The van der Waals surface area contributed by atoms with Gasteiger partial charge in [0.05, 0.1) is 0 Å². The lowest BCUT2D eigenvalue weighted by Gasteiger charge is -2.32. The third-order valence-electron chi connectivity index (χ3n) is 2.55. The molecule has 1 amide bonds. The minimum absolute atomic E-state index is 0.0630. The number of amides is 1. The zero-order valence-corrected chi connectivity index (χ0v) is 9.12. The van der Waals surface area contributed by atoms with Gasteiger partial charge in [-0.1, -0.05) is 20.4 Å². The van der Waals surface area contributed by atoms with Crippen molar-refractivity contribution in [3.05, 3.63) is 12.7 Å². The summed E-state index contributed by atoms with van der Waals surface area (Å²) in [5, 5.41) is 3.50. The summed E-state index contributed by atoms with van der Waals surface area (Å²) >= 11 is 0. The highest BCUT2D eigenvalue weighted by Crippen LogP contribution is 2.11. The Balaban J connectivity index is 2.31. The van der Waals surface area contributed by atoms with Gasteiger partial charge in [0, 0.05) is 25.2 Å². The molecule has 1 aliphatic rings. The summed E-state index contributed by atoms with van der Waals surface area (Å²) in [4.78, 5) is 13.1. The van der Waals surface area contributed by atoms with Crippen LogP contribution in [0.3, 0.4) is 0 Å². The van der Waals surface area contributed by atoms with Crippen LogP contribution in [0.2, 0.25) is 0 Å². The Kier molecular flexibility index (Phi) is 4.14. The predicted molar refractivity (Wildman–Crippen MR) is 58.1 cm³/mol. The van der Waals surface area contributed by atoms with Gasteiger partial charge < -0.3 is 10.2 Å². The van der Waals surface area contributed by atoms with Crippen molar-refractivity contribution in [2.45, 2.75) is 38.8 Å². The molecule has 0 aliphatic carbocycles. The lowest BCUT2D eigenvalue weighted by Crippen LogP contribution is -2.46. The topological polar surface area (TPSA) is 32.3 Å². The van der Waals surface area contributed by atoms with Crippen LogP contribution in [-0.4, -0.2) is 36.0 Å². The first-order valence-electron chi connectivity index (χ1n) is 5.31. The molecule has 0 atom stereocenters. The zero-order chi connectivity index (χ0) is 10.6. The molecule has 0 spiro atoms. The largest absolute Gasteiger partial charge is 0.339 e. The Morgan fingerprint density at radius 3 is 2.50 bits per heavy atom. The molecule has 1 rings (SSSR count). The summed E-state index contributed by atoms with van der Waals surface area (Å²) in [6.07, 6.45) is 3.51. The first kappa shape index (κ1) is 11.2. The molecule has 3 heteroatoms. The van der Waals surface area contributed by atoms with E-state index in [9.17, 15) is 4.79 Å². The molecule has 3 nitrogen and oxygen atoms in total. The number of nitrogens with zero attached hydrogens (tertiary/aromatic N) is 1. The van der Waals surface area contributed by atoms with E-state index in [0.29, 0.717) is 12.1 Å². The number of nitrogens with one attached hydrogen (secondary N) is 1. The quantitative estimate of drug-likeness (QED) is 0.687. The molecule has 0 bridgehead atoms. The molecule has 1 saturated heterocycles. The Bertz CT molecular complexity index is 205. The maximum atomic E-state index is 11.3. The van der Waals surface area contributed by atoms with Crippen LogP contribution < -0.4 is 5.32 Å². The second-order valence-corrected chi connectivity index (χ2v) is 4.13. The second kappa shape index (κ2) is 5.15. The van der Waals surface area contributed by atoms with E-state index < -0.39 is 0 Å². The summed E-state index contributed by atoms with van der Waals surface area (Å²) in [5.41, 5.74) is 0. The number of carbonyl (C=O) groups is 1. The highest BCUT2D eigenvalue weighted by Gasteiger charge is 2.21. The summed E-state index contributed by atoms with van der Waals surface area (Å²) in [5.74, 6) is 0.0630. The average Bonchev–Trinajstić information content (AvgIpc) is 2.17. The fourth-order valence-corrected chi connectivity index (χ4v) is 1.87. The highest BCUT2D eigenvalue weighted by molar-refractivity contribution is 5.87. The third kappa shape index (κ3) is 3.14. The molecule has 0 unspecified atom stereocenters. The van der Waals surface area contributed by atoms with Gasteiger partial charge in [-0.25, -0.2) is 0 Å². The monoisotopic (exact) mass is 196 g/mol. The van der Waals surface area contributed by atoms with Gasteiger partial charge in [0.1, 0.15) is 0 Å². The van der Waals surface area contributed by atoms with E-state index >= 15 is 0 Å². The lowest BCUT2D eigenvalue weighted by atomic mass is 10.0. The van der Waals surface area contributed by atoms with E-state index in [-0.39, 0.29) is 5.91 Å². The van der Waals surface area contributed by atoms with E-state index in [1.54, 1.807) is 0 Å². The van der Waals surface area contributed by atoms with Crippen LogP contribution in [0.25, 0.3) is 0 Å². The van der Waals surface area contributed by atoms with Crippen LogP contribution in [0.1, 0.15) is 26.7 Å². The van der Waals surface area contributed by atoms with E-state index in [1.807, 2.05) is 4.90 Å². The van der Waals surface area contributed by atoms with Gasteiger partial charge in [-0.15, -0.1) is 0 Å². The molecule has 0 aromatic heterocycles. The van der Waals surface area contributed by atoms with Gasteiger partial charge >= 0.3 is 0 Å². The molecule has 14 heavy (non-hydrogen) atoms. The number of rotatable bonds is 3. The van der Waals surface area contributed by atoms with Crippen LogP contribution in [0, 0.1) is 0 Å². The van der Waals surface area contributed by atoms with Gasteiger partial charge in [0.2, 0.25) is 5.91 Å². The Hall–Kier alpha value is -0.830. The number of likely N-dealkylation sites (tertiary alicyclic amines) is 1. The van der Waals surface area contributed by atoms with E-state index in [1.165, 1.54) is 6.08 Å². The minimum Gasteiger partial charge on any atom is -0.339 e. The van der Waals surface area contributed by atoms with Crippen LogP contribution in [0.4, 0.5) is 0 Å². The van der Waals surface area contributed by atoms with Crippen molar-refractivity contribution < 1.29 is 4.79 Å².